The number of hydrogen-bond donors (Lipinski definition) is 1. The number of pyridine rings is 1. The lowest BCUT2D eigenvalue weighted by Gasteiger charge is -2.37. The zero-order chi connectivity index (χ0) is 10.0. The SMILES string of the molecule is CC1(CSc2ncccc2N)CCC1. The number of aromatic nitrogens is 1. The second-order valence-corrected chi connectivity index (χ2v) is 5.31. The summed E-state index contributed by atoms with van der Waals surface area (Å²) in [6, 6.07) is 3.79. The molecular weight excluding hydrogens is 192 g/mol. The zero-order valence-corrected chi connectivity index (χ0v) is 9.31. The Bertz CT molecular complexity index is 321. The van der Waals surface area contributed by atoms with Crippen LogP contribution in [-0.2, 0) is 0 Å². The largest absolute Gasteiger partial charge is 0.397 e. The fourth-order valence-electron chi connectivity index (χ4n) is 1.69. The van der Waals surface area contributed by atoms with Crippen molar-refractivity contribution >= 4 is 17.4 Å². The van der Waals surface area contributed by atoms with E-state index in [0.717, 1.165) is 16.5 Å². The third-order valence-corrected chi connectivity index (χ3v) is 4.37. The van der Waals surface area contributed by atoms with Crippen LogP contribution in [0.1, 0.15) is 26.2 Å². The van der Waals surface area contributed by atoms with Crippen LogP contribution in [0.4, 0.5) is 5.69 Å². The number of nitrogens with two attached hydrogens (primary N) is 1. The molecule has 1 aromatic heterocycles. The molecule has 2 rings (SSSR count). The molecule has 1 fully saturated rings. The van der Waals surface area contributed by atoms with Gasteiger partial charge in [0.25, 0.3) is 0 Å². The van der Waals surface area contributed by atoms with E-state index in [-0.39, 0.29) is 0 Å². The van der Waals surface area contributed by atoms with E-state index in [9.17, 15) is 0 Å². The lowest BCUT2D eigenvalue weighted by atomic mass is 9.72. The number of nitrogens with zero attached hydrogens (tertiary/aromatic N) is 1. The van der Waals surface area contributed by atoms with E-state index in [1.54, 1.807) is 11.8 Å². The average molecular weight is 208 g/mol. The fraction of sp³-hybridized carbons (Fsp3) is 0.545. The second-order valence-electron chi connectivity index (χ2n) is 4.35. The van der Waals surface area contributed by atoms with Crippen LogP contribution in [0.3, 0.4) is 0 Å². The van der Waals surface area contributed by atoms with Gasteiger partial charge >= 0.3 is 0 Å². The minimum atomic E-state index is 0.536. The summed E-state index contributed by atoms with van der Waals surface area (Å²) in [5.41, 5.74) is 7.17. The minimum Gasteiger partial charge on any atom is -0.397 e. The van der Waals surface area contributed by atoms with Crippen LogP contribution in [0.15, 0.2) is 23.4 Å². The average Bonchev–Trinajstić information content (AvgIpc) is 2.14. The second kappa shape index (κ2) is 3.81. The van der Waals surface area contributed by atoms with Crippen LogP contribution < -0.4 is 5.73 Å². The maximum Gasteiger partial charge on any atom is 0.119 e. The molecule has 3 heteroatoms. The van der Waals surface area contributed by atoms with Crippen molar-refractivity contribution in [3.8, 4) is 0 Å². The topological polar surface area (TPSA) is 38.9 Å². The van der Waals surface area contributed by atoms with Gasteiger partial charge in [-0.3, -0.25) is 0 Å². The zero-order valence-electron chi connectivity index (χ0n) is 8.49. The Morgan fingerprint density at radius 1 is 1.57 bits per heavy atom. The highest BCUT2D eigenvalue weighted by atomic mass is 32.2. The maximum absolute atomic E-state index is 5.83. The molecular formula is C11H16N2S. The van der Waals surface area contributed by atoms with Crippen molar-refractivity contribution in [3.63, 3.8) is 0 Å². The van der Waals surface area contributed by atoms with Crippen LogP contribution in [0.5, 0.6) is 0 Å². The van der Waals surface area contributed by atoms with E-state index >= 15 is 0 Å². The van der Waals surface area contributed by atoms with Crippen molar-refractivity contribution < 1.29 is 0 Å². The third kappa shape index (κ3) is 2.03. The molecule has 0 saturated heterocycles. The minimum absolute atomic E-state index is 0.536. The summed E-state index contributed by atoms with van der Waals surface area (Å²) in [4.78, 5) is 4.28. The first-order valence-electron chi connectivity index (χ1n) is 5.03. The summed E-state index contributed by atoms with van der Waals surface area (Å²) in [7, 11) is 0. The Balaban J connectivity index is 1.95. The molecule has 76 valence electrons. The van der Waals surface area contributed by atoms with E-state index in [1.807, 2.05) is 18.3 Å². The molecule has 0 spiro atoms. The van der Waals surface area contributed by atoms with Crippen LogP contribution in [0, 0.1) is 5.41 Å². The molecule has 0 aliphatic heterocycles. The van der Waals surface area contributed by atoms with Gasteiger partial charge in [0.1, 0.15) is 5.03 Å². The predicted molar refractivity (Wildman–Crippen MR) is 61.3 cm³/mol. The standard InChI is InChI=1S/C11H16N2S/c1-11(5-3-6-11)8-14-10-9(12)4-2-7-13-10/h2,4,7H,3,5-6,8,12H2,1H3. The van der Waals surface area contributed by atoms with E-state index in [0.29, 0.717) is 5.41 Å². The monoisotopic (exact) mass is 208 g/mol. The molecule has 0 aromatic carbocycles. The first-order chi connectivity index (χ1) is 6.70. The molecule has 1 aromatic rings. The quantitative estimate of drug-likeness (QED) is 0.776. The van der Waals surface area contributed by atoms with Gasteiger partial charge in [0.2, 0.25) is 0 Å². The van der Waals surface area contributed by atoms with Gasteiger partial charge in [0, 0.05) is 11.9 Å². The Labute approximate surface area is 89.3 Å². The lowest BCUT2D eigenvalue weighted by Crippen LogP contribution is -2.28. The van der Waals surface area contributed by atoms with Gasteiger partial charge in [-0.1, -0.05) is 13.3 Å². The van der Waals surface area contributed by atoms with Crippen LogP contribution in [0.25, 0.3) is 0 Å². The molecule has 0 radical (unpaired) electrons. The smallest absolute Gasteiger partial charge is 0.119 e. The number of anilines is 1. The van der Waals surface area contributed by atoms with E-state index in [1.165, 1.54) is 19.3 Å². The van der Waals surface area contributed by atoms with Gasteiger partial charge in [-0.15, -0.1) is 11.8 Å². The molecule has 1 heterocycles. The molecule has 2 nitrogen and oxygen atoms in total. The van der Waals surface area contributed by atoms with E-state index < -0.39 is 0 Å². The highest BCUT2D eigenvalue weighted by Gasteiger charge is 2.31. The van der Waals surface area contributed by atoms with Gasteiger partial charge in [-0.25, -0.2) is 4.98 Å². The summed E-state index contributed by atoms with van der Waals surface area (Å²) in [6.45, 7) is 2.35. The molecule has 1 aliphatic rings. The fourth-order valence-corrected chi connectivity index (χ4v) is 2.84. The molecule has 0 unspecified atom stereocenters. The van der Waals surface area contributed by atoms with Crippen LogP contribution in [-0.4, -0.2) is 10.7 Å². The highest BCUT2D eigenvalue weighted by molar-refractivity contribution is 7.99. The third-order valence-electron chi connectivity index (χ3n) is 2.92. The lowest BCUT2D eigenvalue weighted by molar-refractivity contribution is 0.197. The Morgan fingerprint density at radius 3 is 2.93 bits per heavy atom. The highest BCUT2D eigenvalue weighted by Crippen LogP contribution is 2.44. The first-order valence-corrected chi connectivity index (χ1v) is 6.01. The van der Waals surface area contributed by atoms with Gasteiger partial charge < -0.3 is 5.73 Å². The number of nitrogen functional groups attached to an aromatic ring is 1. The molecule has 0 amide bonds. The van der Waals surface area contributed by atoms with Crippen molar-refractivity contribution in [3.05, 3.63) is 18.3 Å². The molecule has 0 bridgehead atoms. The van der Waals surface area contributed by atoms with Crippen LogP contribution >= 0.6 is 11.8 Å². The molecule has 1 aliphatic carbocycles. The van der Waals surface area contributed by atoms with Crippen molar-refractivity contribution in [1.82, 2.24) is 4.98 Å². The Kier molecular flexibility index (Phi) is 2.68. The Hall–Kier alpha value is -0.700. The van der Waals surface area contributed by atoms with E-state index in [2.05, 4.69) is 11.9 Å². The molecule has 1 saturated carbocycles. The molecule has 0 atom stereocenters. The van der Waals surface area contributed by atoms with Crippen molar-refractivity contribution in [2.45, 2.75) is 31.2 Å². The van der Waals surface area contributed by atoms with Gasteiger partial charge in [0.15, 0.2) is 0 Å². The summed E-state index contributed by atoms with van der Waals surface area (Å²) in [6.07, 6.45) is 5.90. The first kappa shape index (κ1) is 9.84. The number of hydrogen-bond acceptors (Lipinski definition) is 3. The molecule has 2 N–H and O–H groups in total. The van der Waals surface area contributed by atoms with Gasteiger partial charge in [-0.2, -0.15) is 0 Å². The normalized spacial score (nSPS) is 18.9. The Morgan fingerprint density at radius 2 is 2.36 bits per heavy atom. The van der Waals surface area contributed by atoms with Crippen molar-refractivity contribution in [2.75, 3.05) is 11.5 Å². The predicted octanol–water partition coefficient (Wildman–Crippen LogP) is 2.95. The summed E-state index contributed by atoms with van der Waals surface area (Å²) < 4.78 is 0. The van der Waals surface area contributed by atoms with Crippen molar-refractivity contribution in [2.24, 2.45) is 5.41 Å². The molecule has 14 heavy (non-hydrogen) atoms. The van der Waals surface area contributed by atoms with Gasteiger partial charge in [-0.05, 0) is 30.4 Å². The number of rotatable bonds is 3. The van der Waals surface area contributed by atoms with Gasteiger partial charge in [0.05, 0.1) is 5.69 Å². The van der Waals surface area contributed by atoms with Crippen LogP contribution in [0.2, 0.25) is 0 Å². The number of thioether (sulfide) groups is 1. The maximum atomic E-state index is 5.83. The van der Waals surface area contributed by atoms with Crippen molar-refractivity contribution in [1.29, 1.82) is 0 Å². The summed E-state index contributed by atoms with van der Waals surface area (Å²) in [5, 5.41) is 0.987. The van der Waals surface area contributed by atoms with E-state index in [4.69, 9.17) is 5.73 Å². The summed E-state index contributed by atoms with van der Waals surface area (Å²) in [5.74, 6) is 1.15. The summed E-state index contributed by atoms with van der Waals surface area (Å²) >= 11 is 1.79.